The van der Waals surface area contributed by atoms with E-state index >= 15 is 0 Å². The lowest BCUT2D eigenvalue weighted by molar-refractivity contribution is -0.149. The number of amides is 1. The predicted octanol–water partition coefficient (Wildman–Crippen LogP) is 2.06. The van der Waals surface area contributed by atoms with E-state index in [9.17, 15) is 14.4 Å². The maximum Gasteiger partial charge on any atom is 0.407 e. The number of methoxy groups -OCH3 is 1. The van der Waals surface area contributed by atoms with Crippen LogP contribution in [0.1, 0.15) is 47.0 Å². The lowest BCUT2D eigenvalue weighted by atomic mass is 9.98. The molecule has 0 heterocycles. The number of ketones is 1. The van der Waals surface area contributed by atoms with Crippen LogP contribution in [0.3, 0.4) is 0 Å². The molecule has 0 aromatic heterocycles. The molecule has 0 saturated carbocycles. The quantitative estimate of drug-likeness (QED) is 0.440. The second kappa shape index (κ2) is 8.55. The summed E-state index contributed by atoms with van der Waals surface area (Å²) in [4.78, 5) is 34.0. The van der Waals surface area contributed by atoms with Crippen molar-refractivity contribution in [3.05, 3.63) is 0 Å². The third kappa shape index (κ3) is 8.50. The first kappa shape index (κ1) is 18.4. The molecule has 1 atom stereocenters. The van der Waals surface area contributed by atoms with Crippen molar-refractivity contribution in [3.63, 3.8) is 0 Å². The van der Waals surface area contributed by atoms with Gasteiger partial charge < -0.3 is 14.8 Å². The number of Topliss-reactive ketones (excluding diaryl/α,β-unsaturated/α-hetero) is 1. The Morgan fingerprint density at radius 1 is 1.15 bits per heavy atom. The Hall–Kier alpha value is -1.59. The van der Waals surface area contributed by atoms with Gasteiger partial charge >= 0.3 is 12.1 Å². The highest BCUT2D eigenvalue weighted by Crippen LogP contribution is 2.11. The summed E-state index contributed by atoms with van der Waals surface area (Å²) in [5, 5.41) is 2.62. The number of rotatable bonds is 7. The summed E-state index contributed by atoms with van der Waals surface area (Å²) in [6.07, 6.45) is 1.28. The fourth-order valence-corrected chi connectivity index (χ4v) is 1.61. The van der Waals surface area contributed by atoms with Crippen LogP contribution in [0, 0.1) is 5.92 Å². The van der Waals surface area contributed by atoms with Crippen LogP contribution in [-0.2, 0) is 19.1 Å². The summed E-state index contributed by atoms with van der Waals surface area (Å²) in [5.41, 5.74) is -0.519. The van der Waals surface area contributed by atoms with E-state index in [1.165, 1.54) is 14.0 Å². The fraction of sp³-hybridized carbons (Fsp3) is 0.786. The van der Waals surface area contributed by atoms with E-state index in [4.69, 9.17) is 4.74 Å². The fourth-order valence-electron chi connectivity index (χ4n) is 1.61. The zero-order chi connectivity index (χ0) is 15.8. The number of alkyl carbamates (subject to hydrolysis) is 1. The normalized spacial score (nSPS) is 12.4. The van der Waals surface area contributed by atoms with Gasteiger partial charge in [0.05, 0.1) is 7.11 Å². The van der Waals surface area contributed by atoms with Gasteiger partial charge in [-0.3, -0.25) is 9.59 Å². The van der Waals surface area contributed by atoms with Gasteiger partial charge in [0.15, 0.2) is 0 Å². The summed E-state index contributed by atoms with van der Waals surface area (Å²) in [5.74, 6) is -1.41. The lowest BCUT2D eigenvalue weighted by Crippen LogP contribution is -2.33. The van der Waals surface area contributed by atoms with E-state index < -0.39 is 23.6 Å². The second-order valence-corrected chi connectivity index (χ2v) is 5.61. The van der Waals surface area contributed by atoms with Gasteiger partial charge in [0.2, 0.25) is 0 Å². The molecule has 1 unspecified atom stereocenters. The molecule has 6 nitrogen and oxygen atoms in total. The molecule has 0 bridgehead atoms. The molecule has 1 amide bonds. The van der Waals surface area contributed by atoms with Crippen LogP contribution in [0.15, 0.2) is 0 Å². The van der Waals surface area contributed by atoms with Crippen LogP contribution in [0.5, 0.6) is 0 Å². The molecule has 0 aliphatic heterocycles. The molecule has 116 valence electrons. The molecule has 0 saturated heterocycles. The van der Waals surface area contributed by atoms with Crippen molar-refractivity contribution < 1.29 is 23.9 Å². The van der Waals surface area contributed by atoms with E-state index in [2.05, 4.69) is 10.1 Å². The minimum atomic E-state index is -0.707. The van der Waals surface area contributed by atoms with Crippen molar-refractivity contribution in [2.45, 2.75) is 52.6 Å². The van der Waals surface area contributed by atoms with Crippen LogP contribution < -0.4 is 5.32 Å². The van der Waals surface area contributed by atoms with Gasteiger partial charge in [-0.1, -0.05) is 6.42 Å². The number of nitrogens with one attached hydrogen (secondary N) is 1. The number of carbonyl (C=O) groups excluding carboxylic acids is 3. The molecule has 6 heteroatoms. The Morgan fingerprint density at radius 3 is 2.20 bits per heavy atom. The first-order valence-corrected chi connectivity index (χ1v) is 6.72. The highest BCUT2D eigenvalue weighted by molar-refractivity contribution is 5.97. The molecule has 0 rings (SSSR count). The number of hydrogen-bond donors (Lipinski definition) is 1. The van der Waals surface area contributed by atoms with Crippen LogP contribution in [0.2, 0.25) is 0 Å². The second-order valence-electron chi connectivity index (χ2n) is 5.61. The third-order valence-electron chi connectivity index (χ3n) is 2.56. The maximum absolute atomic E-state index is 11.4. The minimum Gasteiger partial charge on any atom is -0.468 e. The van der Waals surface area contributed by atoms with E-state index in [1.54, 1.807) is 20.8 Å². The SMILES string of the molecule is COC(=O)C(CCCCNC(=O)OC(C)(C)C)C(C)=O. The molecule has 0 radical (unpaired) electrons. The number of hydrogen-bond acceptors (Lipinski definition) is 5. The van der Waals surface area contributed by atoms with E-state index in [0.717, 1.165) is 0 Å². The maximum atomic E-state index is 11.4. The Bertz CT molecular complexity index is 346. The van der Waals surface area contributed by atoms with Crippen molar-refractivity contribution in [1.29, 1.82) is 0 Å². The monoisotopic (exact) mass is 287 g/mol. The molecule has 0 fully saturated rings. The first-order chi connectivity index (χ1) is 9.17. The Labute approximate surface area is 120 Å². The molecular formula is C14H25NO5. The molecular weight excluding hydrogens is 262 g/mol. The van der Waals surface area contributed by atoms with Crippen molar-refractivity contribution in [1.82, 2.24) is 5.32 Å². The van der Waals surface area contributed by atoms with Gasteiger partial charge in [-0.05, 0) is 40.5 Å². The molecule has 0 aromatic carbocycles. The minimum absolute atomic E-state index is 0.197. The number of unbranched alkanes of at least 4 members (excludes halogenated alkanes) is 1. The van der Waals surface area contributed by atoms with Crippen LogP contribution in [-0.4, -0.2) is 37.1 Å². The number of ether oxygens (including phenoxy) is 2. The molecule has 20 heavy (non-hydrogen) atoms. The Morgan fingerprint density at radius 2 is 1.75 bits per heavy atom. The summed E-state index contributed by atoms with van der Waals surface area (Å²) >= 11 is 0. The largest absolute Gasteiger partial charge is 0.468 e. The molecule has 1 N–H and O–H groups in total. The molecule has 0 aromatic rings. The van der Waals surface area contributed by atoms with Gasteiger partial charge in [-0.15, -0.1) is 0 Å². The molecule has 0 aliphatic rings. The van der Waals surface area contributed by atoms with Crippen LogP contribution in [0.4, 0.5) is 4.79 Å². The average molecular weight is 287 g/mol. The number of esters is 1. The van der Waals surface area contributed by atoms with Gasteiger partial charge in [0.25, 0.3) is 0 Å². The van der Waals surface area contributed by atoms with Crippen molar-refractivity contribution >= 4 is 17.8 Å². The topological polar surface area (TPSA) is 81.7 Å². The molecule has 0 spiro atoms. The van der Waals surface area contributed by atoms with Crippen LogP contribution in [0.25, 0.3) is 0 Å². The standard InChI is InChI=1S/C14H25NO5/c1-10(16)11(12(17)19-5)8-6-7-9-15-13(18)20-14(2,3)4/h11H,6-9H2,1-5H3,(H,15,18). The smallest absolute Gasteiger partial charge is 0.407 e. The zero-order valence-corrected chi connectivity index (χ0v) is 12.9. The summed E-state index contributed by atoms with van der Waals surface area (Å²) in [6.45, 7) is 7.20. The summed E-state index contributed by atoms with van der Waals surface area (Å²) in [6, 6.07) is 0. The average Bonchev–Trinajstić information content (AvgIpc) is 2.30. The molecule has 0 aliphatic carbocycles. The van der Waals surface area contributed by atoms with E-state index in [0.29, 0.717) is 25.8 Å². The van der Waals surface area contributed by atoms with E-state index in [-0.39, 0.29) is 5.78 Å². The van der Waals surface area contributed by atoms with Gasteiger partial charge in [-0.2, -0.15) is 0 Å². The zero-order valence-electron chi connectivity index (χ0n) is 12.9. The number of carbonyl (C=O) groups is 3. The third-order valence-corrected chi connectivity index (χ3v) is 2.56. The first-order valence-electron chi connectivity index (χ1n) is 6.72. The van der Waals surface area contributed by atoms with Gasteiger partial charge in [0.1, 0.15) is 17.3 Å². The van der Waals surface area contributed by atoms with Crippen LogP contribution >= 0.6 is 0 Å². The summed E-state index contributed by atoms with van der Waals surface area (Å²) < 4.78 is 9.66. The van der Waals surface area contributed by atoms with Gasteiger partial charge in [0, 0.05) is 6.54 Å². The lowest BCUT2D eigenvalue weighted by Gasteiger charge is -2.19. The van der Waals surface area contributed by atoms with Gasteiger partial charge in [-0.25, -0.2) is 4.79 Å². The Kier molecular flexibility index (Phi) is 7.87. The van der Waals surface area contributed by atoms with Crippen molar-refractivity contribution in [2.24, 2.45) is 5.92 Å². The summed E-state index contributed by atoms with van der Waals surface area (Å²) in [7, 11) is 1.27. The highest BCUT2D eigenvalue weighted by Gasteiger charge is 2.23. The van der Waals surface area contributed by atoms with Crippen molar-refractivity contribution in [3.8, 4) is 0 Å². The van der Waals surface area contributed by atoms with Crippen molar-refractivity contribution in [2.75, 3.05) is 13.7 Å². The predicted molar refractivity (Wildman–Crippen MR) is 74.3 cm³/mol. The highest BCUT2D eigenvalue weighted by atomic mass is 16.6. The Balaban J connectivity index is 3.88. The van der Waals surface area contributed by atoms with E-state index in [1.807, 2.05) is 0 Å².